The van der Waals surface area contributed by atoms with Gasteiger partial charge in [-0.25, -0.2) is 4.79 Å². The van der Waals surface area contributed by atoms with Gasteiger partial charge in [0.2, 0.25) is 5.91 Å². The number of benzene rings is 1. The van der Waals surface area contributed by atoms with E-state index in [0.29, 0.717) is 5.69 Å². The summed E-state index contributed by atoms with van der Waals surface area (Å²) < 4.78 is 0. The molecular formula is C15H20N4O4. The molecule has 1 aliphatic carbocycles. The third-order valence-electron chi connectivity index (χ3n) is 3.76. The summed E-state index contributed by atoms with van der Waals surface area (Å²) in [6, 6.07) is 4.77. The maximum absolute atomic E-state index is 12.0. The summed E-state index contributed by atoms with van der Waals surface area (Å²) in [7, 11) is 0. The first-order chi connectivity index (χ1) is 11.0. The number of carbonyl (C=O) groups excluding carboxylic acids is 2. The fraction of sp³-hybridized carbons (Fsp3) is 0.467. The second kappa shape index (κ2) is 7.57. The van der Waals surface area contributed by atoms with Gasteiger partial charge in [0.15, 0.2) is 0 Å². The molecule has 0 saturated heterocycles. The molecule has 0 aromatic heterocycles. The third kappa shape index (κ3) is 4.94. The summed E-state index contributed by atoms with van der Waals surface area (Å²) in [6.45, 7) is 1.58. The molecule has 8 heteroatoms. The van der Waals surface area contributed by atoms with Gasteiger partial charge < -0.3 is 10.6 Å². The van der Waals surface area contributed by atoms with E-state index in [1.54, 1.807) is 13.0 Å². The lowest BCUT2D eigenvalue weighted by atomic mass is 10.2. The van der Waals surface area contributed by atoms with Gasteiger partial charge in [-0.15, -0.1) is 0 Å². The number of nitrogens with zero attached hydrogens (tertiary/aromatic N) is 1. The van der Waals surface area contributed by atoms with E-state index < -0.39 is 22.9 Å². The van der Waals surface area contributed by atoms with Crippen LogP contribution in [0.4, 0.5) is 16.2 Å². The molecule has 0 aliphatic heterocycles. The average molecular weight is 320 g/mol. The van der Waals surface area contributed by atoms with Crippen LogP contribution in [0.25, 0.3) is 0 Å². The van der Waals surface area contributed by atoms with Crippen LogP contribution in [-0.2, 0) is 4.79 Å². The van der Waals surface area contributed by atoms with Crippen molar-refractivity contribution in [3.63, 3.8) is 0 Å². The number of nitro benzene ring substituents is 1. The second-order valence-electron chi connectivity index (χ2n) is 5.62. The molecule has 0 spiro atoms. The number of hydrogen-bond donors (Lipinski definition) is 3. The third-order valence-corrected chi connectivity index (χ3v) is 3.76. The minimum Gasteiger partial charge on any atom is -0.374 e. The smallest absolute Gasteiger partial charge is 0.321 e. The number of carbonyl (C=O) groups is 2. The summed E-state index contributed by atoms with van der Waals surface area (Å²) in [5, 5.41) is 18.6. The summed E-state index contributed by atoms with van der Waals surface area (Å²) in [5.41, 5.74) is 0.375. The molecule has 0 bridgehead atoms. The Morgan fingerprint density at radius 3 is 2.65 bits per heavy atom. The van der Waals surface area contributed by atoms with E-state index in [1.165, 1.54) is 18.2 Å². The summed E-state index contributed by atoms with van der Waals surface area (Å²) in [4.78, 5) is 34.0. The molecule has 124 valence electrons. The Morgan fingerprint density at radius 1 is 1.30 bits per heavy atom. The predicted molar refractivity (Wildman–Crippen MR) is 85.1 cm³/mol. The normalized spacial score (nSPS) is 15.7. The molecule has 1 aromatic rings. The van der Waals surface area contributed by atoms with Crippen molar-refractivity contribution in [1.82, 2.24) is 10.6 Å². The van der Waals surface area contributed by atoms with Crippen molar-refractivity contribution in [3.8, 4) is 0 Å². The Morgan fingerprint density at radius 2 is 2.00 bits per heavy atom. The molecule has 1 fully saturated rings. The second-order valence-corrected chi connectivity index (χ2v) is 5.62. The Labute approximate surface area is 133 Å². The van der Waals surface area contributed by atoms with Crippen molar-refractivity contribution < 1.29 is 14.5 Å². The van der Waals surface area contributed by atoms with Crippen LogP contribution in [0.15, 0.2) is 24.3 Å². The van der Waals surface area contributed by atoms with Gasteiger partial charge in [-0.2, -0.15) is 0 Å². The van der Waals surface area contributed by atoms with E-state index in [1.807, 2.05) is 0 Å². The first-order valence-electron chi connectivity index (χ1n) is 7.58. The topological polar surface area (TPSA) is 113 Å². The molecule has 1 aliphatic rings. The monoisotopic (exact) mass is 320 g/mol. The van der Waals surface area contributed by atoms with Crippen molar-refractivity contribution in [3.05, 3.63) is 34.4 Å². The van der Waals surface area contributed by atoms with Crippen molar-refractivity contribution in [2.24, 2.45) is 0 Å². The first-order valence-corrected chi connectivity index (χ1v) is 7.58. The highest BCUT2D eigenvalue weighted by molar-refractivity contribution is 5.98. The van der Waals surface area contributed by atoms with E-state index >= 15 is 0 Å². The SMILES string of the molecule is C[C@H](Nc1cccc([N+](=O)[O-])c1)C(=O)NC(=O)NC1CCCC1. The number of nitrogens with one attached hydrogen (secondary N) is 3. The van der Waals surface area contributed by atoms with Crippen molar-refractivity contribution in [2.75, 3.05) is 5.32 Å². The van der Waals surface area contributed by atoms with Gasteiger partial charge in [-0.1, -0.05) is 18.9 Å². The van der Waals surface area contributed by atoms with Crippen LogP contribution >= 0.6 is 0 Å². The Bertz CT molecular complexity index is 599. The number of non-ortho nitro benzene ring substituents is 1. The molecule has 3 N–H and O–H groups in total. The van der Waals surface area contributed by atoms with Gasteiger partial charge in [0.05, 0.1) is 4.92 Å². The Hall–Kier alpha value is -2.64. The highest BCUT2D eigenvalue weighted by Crippen LogP contribution is 2.18. The fourth-order valence-electron chi connectivity index (χ4n) is 2.54. The lowest BCUT2D eigenvalue weighted by Crippen LogP contribution is -2.48. The highest BCUT2D eigenvalue weighted by Gasteiger charge is 2.20. The number of hydrogen-bond acceptors (Lipinski definition) is 5. The summed E-state index contributed by atoms with van der Waals surface area (Å²) in [6.07, 6.45) is 4.04. The number of rotatable bonds is 5. The molecule has 0 radical (unpaired) electrons. The molecule has 0 unspecified atom stereocenters. The number of anilines is 1. The molecule has 1 saturated carbocycles. The molecule has 2 rings (SSSR count). The number of imide groups is 1. The molecule has 8 nitrogen and oxygen atoms in total. The van der Waals surface area contributed by atoms with Gasteiger partial charge in [-0.3, -0.25) is 20.2 Å². The van der Waals surface area contributed by atoms with Crippen LogP contribution < -0.4 is 16.0 Å². The highest BCUT2D eigenvalue weighted by atomic mass is 16.6. The van der Waals surface area contributed by atoms with E-state index in [-0.39, 0.29) is 11.7 Å². The quantitative estimate of drug-likeness (QED) is 0.568. The van der Waals surface area contributed by atoms with Crippen molar-refractivity contribution in [1.29, 1.82) is 0 Å². The predicted octanol–water partition coefficient (Wildman–Crippen LogP) is 2.16. The maximum atomic E-state index is 12.0. The van der Waals surface area contributed by atoms with Gasteiger partial charge in [0.25, 0.3) is 5.69 Å². The maximum Gasteiger partial charge on any atom is 0.321 e. The number of urea groups is 1. The molecule has 3 amide bonds. The Kier molecular flexibility index (Phi) is 5.51. The zero-order valence-corrected chi connectivity index (χ0v) is 12.9. The van der Waals surface area contributed by atoms with E-state index in [2.05, 4.69) is 16.0 Å². The minimum absolute atomic E-state index is 0.0680. The lowest BCUT2D eigenvalue weighted by molar-refractivity contribution is -0.384. The fourth-order valence-corrected chi connectivity index (χ4v) is 2.54. The molecular weight excluding hydrogens is 300 g/mol. The Balaban J connectivity index is 1.85. The average Bonchev–Trinajstić information content (AvgIpc) is 3.00. The number of nitro groups is 1. The van der Waals surface area contributed by atoms with Gasteiger partial charge in [-0.05, 0) is 25.8 Å². The van der Waals surface area contributed by atoms with Crippen LogP contribution in [0.5, 0.6) is 0 Å². The van der Waals surface area contributed by atoms with Crippen molar-refractivity contribution >= 4 is 23.3 Å². The molecule has 1 aromatic carbocycles. The van der Waals surface area contributed by atoms with Gasteiger partial charge in [0, 0.05) is 23.9 Å². The number of amides is 3. The van der Waals surface area contributed by atoms with E-state index in [9.17, 15) is 19.7 Å². The summed E-state index contributed by atoms with van der Waals surface area (Å²) in [5.74, 6) is -0.494. The molecule has 0 heterocycles. The molecule has 23 heavy (non-hydrogen) atoms. The van der Waals surface area contributed by atoms with E-state index in [4.69, 9.17) is 0 Å². The van der Waals surface area contributed by atoms with Crippen LogP contribution in [0.3, 0.4) is 0 Å². The van der Waals surface area contributed by atoms with Gasteiger partial charge in [0.1, 0.15) is 6.04 Å². The summed E-state index contributed by atoms with van der Waals surface area (Å²) >= 11 is 0. The zero-order valence-electron chi connectivity index (χ0n) is 12.9. The lowest BCUT2D eigenvalue weighted by Gasteiger charge is -2.16. The van der Waals surface area contributed by atoms with Gasteiger partial charge >= 0.3 is 6.03 Å². The minimum atomic E-state index is -0.702. The molecule has 1 atom stereocenters. The van der Waals surface area contributed by atoms with Crippen LogP contribution in [-0.4, -0.2) is 28.9 Å². The van der Waals surface area contributed by atoms with Crippen LogP contribution in [0, 0.1) is 10.1 Å². The standard InChI is InChI=1S/C15H20N4O4/c1-10(16-12-7-4-8-13(9-12)19(22)23)14(20)18-15(21)17-11-5-2-3-6-11/h4,7-11,16H,2-3,5-6H2,1H3,(H2,17,18,20,21)/t10-/m0/s1. The largest absolute Gasteiger partial charge is 0.374 e. The first kappa shape index (κ1) is 16.7. The van der Waals surface area contributed by atoms with Crippen LogP contribution in [0.2, 0.25) is 0 Å². The van der Waals surface area contributed by atoms with Crippen molar-refractivity contribution in [2.45, 2.75) is 44.7 Å². The van der Waals surface area contributed by atoms with Crippen LogP contribution in [0.1, 0.15) is 32.6 Å². The zero-order chi connectivity index (χ0) is 16.8. The van der Waals surface area contributed by atoms with E-state index in [0.717, 1.165) is 25.7 Å².